The second-order valence-corrected chi connectivity index (χ2v) is 3.48. The van der Waals surface area contributed by atoms with Crippen LogP contribution >= 0.6 is 0 Å². The summed E-state index contributed by atoms with van der Waals surface area (Å²) in [5, 5.41) is 3.35. The van der Waals surface area contributed by atoms with E-state index in [4.69, 9.17) is 5.73 Å². The first-order valence-corrected chi connectivity index (χ1v) is 4.83. The molecule has 13 heavy (non-hydrogen) atoms. The molecule has 3 N–H and O–H groups in total. The lowest BCUT2D eigenvalue weighted by Gasteiger charge is -2.25. The number of piperidine rings is 1. The van der Waals surface area contributed by atoms with Crippen LogP contribution in [-0.4, -0.2) is 22.6 Å². The average molecular weight is 180 g/mol. The summed E-state index contributed by atoms with van der Waals surface area (Å²) in [6.07, 6.45) is 6.13. The zero-order valence-corrected chi connectivity index (χ0v) is 7.74. The van der Waals surface area contributed by atoms with Crippen molar-refractivity contribution in [3.63, 3.8) is 0 Å². The molecule has 4 heteroatoms. The van der Waals surface area contributed by atoms with Crippen LogP contribution in [0, 0.1) is 0 Å². The Balaban J connectivity index is 2.13. The predicted molar refractivity (Wildman–Crippen MR) is 51.3 cm³/mol. The van der Waals surface area contributed by atoms with Gasteiger partial charge in [-0.2, -0.15) is 0 Å². The highest BCUT2D eigenvalue weighted by molar-refractivity contribution is 5.00. The van der Waals surface area contributed by atoms with Gasteiger partial charge >= 0.3 is 0 Å². The molecule has 1 fully saturated rings. The molecule has 4 nitrogen and oxygen atoms in total. The molecule has 0 atom stereocenters. The molecule has 0 saturated carbocycles. The molecule has 0 spiro atoms. The minimum absolute atomic E-state index is 0.587. The molecule has 0 aliphatic carbocycles. The summed E-state index contributed by atoms with van der Waals surface area (Å²) in [5.74, 6) is 0. The van der Waals surface area contributed by atoms with Gasteiger partial charge in [-0.3, -0.25) is 0 Å². The number of nitrogens with one attached hydrogen (secondary N) is 1. The van der Waals surface area contributed by atoms with Gasteiger partial charge in [0.25, 0.3) is 0 Å². The van der Waals surface area contributed by atoms with Crippen LogP contribution in [0.5, 0.6) is 0 Å². The minimum Gasteiger partial charge on any atom is -0.330 e. The summed E-state index contributed by atoms with van der Waals surface area (Å²) < 4.78 is 2.22. The van der Waals surface area contributed by atoms with E-state index in [-0.39, 0.29) is 0 Å². The highest BCUT2D eigenvalue weighted by atomic mass is 15.1. The molecule has 2 rings (SSSR count). The van der Waals surface area contributed by atoms with E-state index in [0.29, 0.717) is 12.6 Å². The van der Waals surface area contributed by atoms with Gasteiger partial charge in [0.15, 0.2) is 0 Å². The molecule has 2 heterocycles. The van der Waals surface area contributed by atoms with E-state index in [0.717, 1.165) is 18.8 Å². The van der Waals surface area contributed by atoms with Crippen molar-refractivity contribution in [3.8, 4) is 0 Å². The summed E-state index contributed by atoms with van der Waals surface area (Å²) in [5.41, 5.74) is 6.77. The number of hydrogen-bond acceptors (Lipinski definition) is 3. The Morgan fingerprint density at radius 2 is 2.31 bits per heavy atom. The Morgan fingerprint density at radius 1 is 1.54 bits per heavy atom. The van der Waals surface area contributed by atoms with E-state index in [9.17, 15) is 0 Å². The van der Waals surface area contributed by atoms with E-state index in [2.05, 4.69) is 14.9 Å². The maximum atomic E-state index is 5.63. The van der Waals surface area contributed by atoms with Gasteiger partial charge in [-0.05, 0) is 25.9 Å². The summed E-state index contributed by atoms with van der Waals surface area (Å²) in [6.45, 7) is 2.80. The van der Waals surface area contributed by atoms with Gasteiger partial charge in [-0.25, -0.2) is 4.98 Å². The monoisotopic (exact) mass is 180 g/mol. The second-order valence-electron chi connectivity index (χ2n) is 3.48. The van der Waals surface area contributed by atoms with Crippen LogP contribution in [0.3, 0.4) is 0 Å². The molecule has 0 bridgehead atoms. The van der Waals surface area contributed by atoms with Crippen LogP contribution in [0.15, 0.2) is 12.5 Å². The lowest BCUT2D eigenvalue weighted by atomic mass is 10.1. The Morgan fingerprint density at radius 3 is 3.00 bits per heavy atom. The van der Waals surface area contributed by atoms with E-state index in [1.54, 1.807) is 0 Å². The largest absolute Gasteiger partial charge is 0.330 e. The Labute approximate surface area is 78.1 Å². The van der Waals surface area contributed by atoms with E-state index in [1.165, 1.54) is 12.8 Å². The van der Waals surface area contributed by atoms with E-state index in [1.807, 2.05) is 12.5 Å². The van der Waals surface area contributed by atoms with Gasteiger partial charge < -0.3 is 15.6 Å². The molecular weight excluding hydrogens is 164 g/mol. The summed E-state index contributed by atoms with van der Waals surface area (Å²) in [6, 6.07) is 0.599. The highest BCUT2D eigenvalue weighted by Gasteiger charge is 2.16. The zero-order chi connectivity index (χ0) is 9.10. The lowest BCUT2D eigenvalue weighted by Crippen LogP contribution is -2.30. The van der Waals surface area contributed by atoms with Crippen LogP contribution < -0.4 is 11.1 Å². The Hall–Kier alpha value is -0.870. The van der Waals surface area contributed by atoms with Crippen molar-refractivity contribution >= 4 is 0 Å². The number of nitrogens with two attached hydrogens (primary N) is 1. The van der Waals surface area contributed by atoms with Crippen molar-refractivity contribution in [2.24, 2.45) is 5.73 Å². The van der Waals surface area contributed by atoms with Crippen molar-refractivity contribution in [3.05, 3.63) is 18.2 Å². The van der Waals surface area contributed by atoms with Crippen molar-refractivity contribution in [1.29, 1.82) is 0 Å². The maximum Gasteiger partial charge on any atom is 0.0951 e. The fourth-order valence-corrected chi connectivity index (χ4v) is 1.90. The molecule has 1 aromatic heterocycles. The number of hydrogen-bond donors (Lipinski definition) is 2. The molecular formula is C9H16N4. The smallest absolute Gasteiger partial charge is 0.0951 e. The summed E-state index contributed by atoms with van der Waals surface area (Å²) in [7, 11) is 0. The minimum atomic E-state index is 0.587. The van der Waals surface area contributed by atoms with Gasteiger partial charge in [-0.15, -0.1) is 0 Å². The fraction of sp³-hybridized carbons (Fsp3) is 0.667. The molecule has 0 unspecified atom stereocenters. The molecule has 1 aliphatic rings. The Bertz CT molecular complexity index is 262. The van der Waals surface area contributed by atoms with Crippen LogP contribution in [-0.2, 0) is 6.54 Å². The highest BCUT2D eigenvalue weighted by Crippen LogP contribution is 2.19. The number of imidazole rings is 1. The van der Waals surface area contributed by atoms with Crippen molar-refractivity contribution < 1.29 is 0 Å². The van der Waals surface area contributed by atoms with Gasteiger partial charge in [0.1, 0.15) is 0 Å². The van der Waals surface area contributed by atoms with Gasteiger partial charge in [0.2, 0.25) is 0 Å². The average Bonchev–Trinajstić information content (AvgIpc) is 2.67. The summed E-state index contributed by atoms with van der Waals surface area (Å²) >= 11 is 0. The molecule has 0 aromatic carbocycles. The van der Waals surface area contributed by atoms with Crippen molar-refractivity contribution in [2.75, 3.05) is 13.1 Å². The van der Waals surface area contributed by atoms with Gasteiger partial charge in [0, 0.05) is 18.8 Å². The number of nitrogens with zero attached hydrogens (tertiary/aromatic N) is 2. The van der Waals surface area contributed by atoms with Crippen molar-refractivity contribution in [1.82, 2.24) is 14.9 Å². The molecule has 1 aromatic rings. The zero-order valence-electron chi connectivity index (χ0n) is 7.74. The third kappa shape index (κ3) is 1.73. The predicted octanol–water partition coefficient (Wildman–Crippen LogP) is 0.266. The quantitative estimate of drug-likeness (QED) is 0.686. The Kier molecular flexibility index (Phi) is 2.61. The first-order chi connectivity index (χ1) is 6.42. The van der Waals surface area contributed by atoms with Crippen LogP contribution in [0.1, 0.15) is 24.6 Å². The first-order valence-electron chi connectivity index (χ1n) is 4.83. The fourth-order valence-electron chi connectivity index (χ4n) is 1.90. The number of aromatic nitrogens is 2. The third-order valence-corrected chi connectivity index (χ3v) is 2.66. The van der Waals surface area contributed by atoms with Crippen LogP contribution in [0.2, 0.25) is 0 Å². The first kappa shape index (κ1) is 8.72. The standard InChI is InChI=1S/C9H16N4/c10-5-9-6-12-7-13(9)8-1-3-11-4-2-8/h6-8,11H,1-5,10H2. The van der Waals surface area contributed by atoms with E-state index >= 15 is 0 Å². The summed E-state index contributed by atoms with van der Waals surface area (Å²) in [4.78, 5) is 4.13. The molecule has 0 amide bonds. The number of rotatable bonds is 2. The van der Waals surface area contributed by atoms with Crippen molar-refractivity contribution in [2.45, 2.75) is 25.4 Å². The third-order valence-electron chi connectivity index (χ3n) is 2.66. The van der Waals surface area contributed by atoms with Gasteiger partial charge in [0.05, 0.1) is 12.0 Å². The molecule has 0 radical (unpaired) electrons. The lowest BCUT2D eigenvalue weighted by molar-refractivity contribution is 0.361. The van der Waals surface area contributed by atoms with E-state index < -0.39 is 0 Å². The molecule has 1 saturated heterocycles. The molecule has 72 valence electrons. The SMILES string of the molecule is NCc1cncn1C1CCNCC1. The normalized spacial score (nSPS) is 19.2. The second kappa shape index (κ2) is 3.89. The van der Waals surface area contributed by atoms with Crippen LogP contribution in [0.25, 0.3) is 0 Å². The molecule has 1 aliphatic heterocycles. The topological polar surface area (TPSA) is 55.9 Å². The van der Waals surface area contributed by atoms with Gasteiger partial charge in [-0.1, -0.05) is 0 Å². The maximum absolute atomic E-state index is 5.63. The van der Waals surface area contributed by atoms with Crippen LogP contribution in [0.4, 0.5) is 0 Å².